The predicted octanol–water partition coefficient (Wildman–Crippen LogP) is 2.03. The van der Waals surface area contributed by atoms with E-state index in [1.165, 1.54) is 17.3 Å². The van der Waals surface area contributed by atoms with Crippen LogP contribution in [0.4, 0.5) is 4.39 Å². The van der Waals surface area contributed by atoms with Crippen LogP contribution in [0.25, 0.3) is 11.0 Å². The molecule has 2 N–H and O–H groups in total. The average molecular weight is 305 g/mol. The topological polar surface area (TPSA) is 86.3 Å². The van der Waals surface area contributed by atoms with E-state index in [0.717, 1.165) is 18.9 Å². The SMILES string of the molecule is CC(CN(C(=O)c1cc(F)cc2[nH]cnc12)C1CC1)C(=O)O. The summed E-state index contributed by atoms with van der Waals surface area (Å²) in [6.07, 6.45) is 3.09. The molecule has 1 aliphatic carbocycles. The Kier molecular flexibility index (Phi) is 3.56. The van der Waals surface area contributed by atoms with Crippen molar-refractivity contribution in [3.05, 3.63) is 29.8 Å². The molecule has 6 nitrogen and oxygen atoms in total. The number of hydrogen-bond donors (Lipinski definition) is 2. The minimum atomic E-state index is -0.956. The van der Waals surface area contributed by atoms with E-state index in [1.807, 2.05) is 0 Å². The van der Waals surface area contributed by atoms with E-state index in [1.54, 1.807) is 6.92 Å². The van der Waals surface area contributed by atoms with Gasteiger partial charge in [-0.3, -0.25) is 9.59 Å². The maximum Gasteiger partial charge on any atom is 0.308 e. The molecule has 116 valence electrons. The lowest BCUT2D eigenvalue weighted by Gasteiger charge is -2.24. The van der Waals surface area contributed by atoms with E-state index >= 15 is 0 Å². The summed E-state index contributed by atoms with van der Waals surface area (Å²) in [5.74, 6) is -2.52. The fraction of sp³-hybridized carbons (Fsp3) is 0.400. The first-order valence-electron chi connectivity index (χ1n) is 7.13. The second kappa shape index (κ2) is 5.40. The molecule has 0 bridgehead atoms. The molecule has 1 aromatic heterocycles. The van der Waals surface area contributed by atoms with E-state index in [4.69, 9.17) is 5.11 Å². The van der Waals surface area contributed by atoms with Gasteiger partial charge in [0.15, 0.2) is 0 Å². The zero-order valence-electron chi connectivity index (χ0n) is 12.0. The summed E-state index contributed by atoms with van der Waals surface area (Å²) >= 11 is 0. The molecular formula is C15H16FN3O3. The number of aromatic nitrogens is 2. The van der Waals surface area contributed by atoms with Crippen molar-refractivity contribution in [2.24, 2.45) is 5.92 Å². The molecule has 0 saturated heterocycles. The van der Waals surface area contributed by atoms with Crippen LogP contribution in [-0.4, -0.2) is 44.4 Å². The molecular weight excluding hydrogens is 289 g/mol. The van der Waals surface area contributed by atoms with Gasteiger partial charge in [0, 0.05) is 12.6 Å². The number of imidazole rings is 1. The summed E-state index contributed by atoms with van der Waals surface area (Å²) < 4.78 is 13.7. The Morgan fingerprint density at radius 2 is 2.23 bits per heavy atom. The molecule has 1 fully saturated rings. The Labute approximate surface area is 125 Å². The minimum absolute atomic E-state index is 0.0339. The number of benzene rings is 1. The normalized spacial score (nSPS) is 15.7. The number of carboxylic acids is 1. The second-order valence-corrected chi connectivity index (χ2v) is 5.68. The van der Waals surface area contributed by atoms with E-state index in [0.29, 0.717) is 11.0 Å². The van der Waals surface area contributed by atoms with Gasteiger partial charge in [-0.1, -0.05) is 6.92 Å². The number of aliphatic carboxylic acids is 1. The average Bonchev–Trinajstić information content (AvgIpc) is 3.20. The number of carbonyl (C=O) groups is 2. The molecule has 0 radical (unpaired) electrons. The molecule has 1 amide bonds. The number of rotatable bonds is 5. The van der Waals surface area contributed by atoms with Crippen LogP contribution in [0.15, 0.2) is 18.5 Å². The zero-order valence-corrected chi connectivity index (χ0v) is 12.0. The van der Waals surface area contributed by atoms with Gasteiger partial charge >= 0.3 is 5.97 Å². The molecule has 1 saturated carbocycles. The van der Waals surface area contributed by atoms with Crippen LogP contribution >= 0.6 is 0 Å². The van der Waals surface area contributed by atoms with Crippen LogP contribution in [0.3, 0.4) is 0 Å². The van der Waals surface area contributed by atoms with Gasteiger partial charge in [-0.15, -0.1) is 0 Å². The highest BCUT2D eigenvalue weighted by atomic mass is 19.1. The van der Waals surface area contributed by atoms with Crippen molar-refractivity contribution < 1.29 is 19.1 Å². The maximum atomic E-state index is 13.7. The maximum absolute atomic E-state index is 13.7. The zero-order chi connectivity index (χ0) is 15.9. The first-order chi connectivity index (χ1) is 10.5. The number of carboxylic acid groups (broad SMARTS) is 1. The minimum Gasteiger partial charge on any atom is -0.481 e. The van der Waals surface area contributed by atoms with E-state index < -0.39 is 17.7 Å². The third kappa shape index (κ3) is 2.66. The number of aromatic amines is 1. The van der Waals surface area contributed by atoms with Crippen molar-refractivity contribution in [1.29, 1.82) is 0 Å². The van der Waals surface area contributed by atoms with Gasteiger partial charge < -0.3 is 15.0 Å². The summed E-state index contributed by atoms with van der Waals surface area (Å²) in [6.45, 7) is 1.67. The molecule has 0 aliphatic heterocycles. The van der Waals surface area contributed by atoms with Gasteiger partial charge in [-0.2, -0.15) is 0 Å². The van der Waals surface area contributed by atoms with Crippen LogP contribution in [0.2, 0.25) is 0 Å². The summed E-state index contributed by atoms with van der Waals surface area (Å²) in [5, 5.41) is 9.05. The van der Waals surface area contributed by atoms with Gasteiger partial charge in [-0.25, -0.2) is 9.37 Å². The van der Waals surface area contributed by atoms with Crippen LogP contribution in [0.5, 0.6) is 0 Å². The van der Waals surface area contributed by atoms with Crippen molar-refractivity contribution in [3.63, 3.8) is 0 Å². The fourth-order valence-electron chi connectivity index (χ4n) is 2.49. The number of H-pyrrole nitrogens is 1. The lowest BCUT2D eigenvalue weighted by molar-refractivity contribution is -0.141. The molecule has 1 aliphatic rings. The van der Waals surface area contributed by atoms with Gasteiger partial charge in [0.05, 0.1) is 23.3 Å². The molecule has 3 rings (SSSR count). The van der Waals surface area contributed by atoms with Crippen molar-refractivity contribution in [2.75, 3.05) is 6.54 Å². The van der Waals surface area contributed by atoms with Gasteiger partial charge in [-0.05, 0) is 25.0 Å². The fourth-order valence-corrected chi connectivity index (χ4v) is 2.49. The molecule has 1 aromatic carbocycles. The Morgan fingerprint density at radius 1 is 1.50 bits per heavy atom. The first-order valence-corrected chi connectivity index (χ1v) is 7.13. The highest BCUT2D eigenvalue weighted by molar-refractivity contribution is 6.05. The summed E-state index contributed by atoms with van der Waals surface area (Å²) in [5.41, 5.74) is 1.02. The third-order valence-electron chi connectivity index (χ3n) is 3.86. The van der Waals surface area contributed by atoms with Crippen LogP contribution in [0, 0.1) is 11.7 Å². The monoisotopic (exact) mass is 305 g/mol. The van der Waals surface area contributed by atoms with Crippen LogP contribution in [0.1, 0.15) is 30.1 Å². The number of nitrogens with one attached hydrogen (secondary N) is 1. The molecule has 1 unspecified atom stereocenters. The Bertz CT molecular complexity index is 739. The Morgan fingerprint density at radius 3 is 2.86 bits per heavy atom. The third-order valence-corrected chi connectivity index (χ3v) is 3.86. The second-order valence-electron chi connectivity index (χ2n) is 5.68. The van der Waals surface area contributed by atoms with Crippen LogP contribution < -0.4 is 0 Å². The summed E-state index contributed by atoms with van der Waals surface area (Å²) in [7, 11) is 0. The number of amides is 1. The predicted molar refractivity (Wildman–Crippen MR) is 76.9 cm³/mol. The van der Waals surface area contributed by atoms with Gasteiger partial charge in [0.25, 0.3) is 5.91 Å². The van der Waals surface area contributed by atoms with Gasteiger partial charge in [0.2, 0.25) is 0 Å². The van der Waals surface area contributed by atoms with Crippen molar-refractivity contribution in [1.82, 2.24) is 14.9 Å². The molecule has 1 atom stereocenters. The lowest BCUT2D eigenvalue weighted by atomic mass is 10.1. The molecule has 22 heavy (non-hydrogen) atoms. The molecule has 7 heteroatoms. The van der Waals surface area contributed by atoms with Crippen LogP contribution in [-0.2, 0) is 4.79 Å². The largest absolute Gasteiger partial charge is 0.481 e. The highest BCUT2D eigenvalue weighted by Crippen LogP contribution is 2.30. The number of hydrogen-bond acceptors (Lipinski definition) is 3. The smallest absolute Gasteiger partial charge is 0.308 e. The Balaban J connectivity index is 1.95. The number of carbonyl (C=O) groups excluding carboxylic acids is 1. The van der Waals surface area contributed by atoms with Crippen molar-refractivity contribution >= 4 is 22.9 Å². The standard InChI is InChI=1S/C15H16FN3O3/c1-8(15(21)22)6-19(10-2-3-10)14(20)11-4-9(16)5-12-13(11)18-7-17-12/h4-5,7-8,10H,2-3,6H2,1H3,(H,17,18)(H,21,22). The van der Waals surface area contributed by atoms with Crippen molar-refractivity contribution in [3.8, 4) is 0 Å². The summed E-state index contributed by atoms with van der Waals surface area (Å²) in [6, 6.07) is 2.47. The first kappa shape index (κ1) is 14.5. The highest BCUT2D eigenvalue weighted by Gasteiger charge is 2.35. The number of fused-ring (bicyclic) bond motifs is 1. The van der Waals surface area contributed by atoms with E-state index in [-0.39, 0.29) is 24.1 Å². The lowest BCUT2D eigenvalue weighted by Crippen LogP contribution is -2.38. The molecule has 1 heterocycles. The Hall–Kier alpha value is -2.44. The summed E-state index contributed by atoms with van der Waals surface area (Å²) in [4.78, 5) is 32.2. The van der Waals surface area contributed by atoms with E-state index in [9.17, 15) is 14.0 Å². The number of halogens is 1. The number of nitrogens with zero attached hydrogens (tertiary/aromatic N) is 2. The molecule has 0 spiro atoms. The van der Waals surface area contributed by atoms with E-state index in [2.05, 4.69) is 9.97 Å². The quantitative estimate of drug-likeness (QED) is 0.885. The van der Waals surface area contributed by atoms with Gasteiger partial charge in [0.1, 0.15) is 11.3 Å². The molecule has 2 aromatic rings. The van der Waals surface area contributed by atoms with Crippen molar-refractivity contribution in [2.45, 2.75) is 25.8 Å².